The minimum atomic E-state index is -1.89. The lowest BCUT2D eigenvalue weighted by Crippen LogP contribution is -2.62. The first-order valence-electron chi connectivity index (χ1n) is 14.5. The molecule has 0 unspecified atom stereocenters. The molecule has 2 saturated heterocycles. The van der Waals surface area contributed by atoms with E-state index < -0.39 is 98.3 Å². The maximum atomic E-state index is 13.2. The number of aliphatic hydroxyl groups excluding tert-OH is 7. The van der Waals surface area contributed by atoms with Crippen molar-refractivity contribution in [2.24, 2.45) is 0 Å². The van der Waals surface area contributed by atoms with Gasteiger partial charge in [0.2, 0.25) is 6.29 Å². The summed E-state index contributed by atoms with van der Waals surface area (Å²) in [6.45, 7) is -1.34. The second-order valence-electron chi connectivity index (χ2n) is 11.3. The molecule has 5 rings (SSSR count). The summed E-state index contributed by atoms with van der Waals surface area (Å²) in [6, 6.07) is 6.90. The van der Waals surface area contributed by atoms with Gasteiger partial charge in [0.25, 0.3) is 5.91 Å². The van der Waals surface area contributed by atoms with Gasteiger partial charge in [-0.3, -0.25) is 9.69 Å². The number of phenols is 2. The monoisotopic (exact) mass is 665 g/mol. The van der Waals surface area contributed by atoms with Crippen LogP contribution in [0.15, 0.2) is 42.5 Å². The molecule has 47 heavy (non-hydrogen) atoms. The number of carbonyl (C=O) groups excluding carboxylic acids is 1. The summed E-state index contributed by atoms with van der Waals surface area (Å²) < 4.78 is 21.9. The molecule has 3 aliphatic heterocycles. The lowest BCUT2D eigenvalue weighted by molar-refractivity contribution is -0.323. The first-order valence-corrected chi connectivity index (χ1v) is 14.5. The number of carboxylic acids is 1. The topological polar surface area (TPSA) is 277 Å². The van der Waals surface area contributed by atoms with Gasteiger partial charge in [-0.2, -0.15) is 0 Å². The number of carboxylic acid groups (broad SMARTS) is 1. The summed E-state index contributed by atoms with van der Waals surface area (Å²) >= 11 is 0. The SMILES string of the molecule is O=C(O)[C@@H]1Cc2cc(O)c(O[C@@H]3O[C@H](CO[C@@H]4O[C@H](CO)[C@@H](O)[C@H](O)[C@H]4O)[C@@H](O)[C@H](O)[C@H]3O)cc2N1C(=O)/C=C/c1ccc(O)cc1. The van der Waals surface area contributed by atoms with Gasteiger partial charge in [-0.1, -0.05) is 12.1 Å². The minimum absolute atomic E-state index is 0.0157. The number of rotatable bonds is 9. The highest BCUT2D eigenvalue weighted by Crippen LogP contribution is 2.42. The minimum Gasteiger partial charge on any atom is -0.508 e. The summed E-state index contributed by atoms with van der Waals surface area (Å²) in [6.07, 6.45) is -14.4. The van der Waals surface area contributed by atoms with Crippen molar-refractivity contribution < 1.29 is 79.6 Å². The van der Waals surface area contributed by atoms with Crippen molar-refractivity contribution in [2.45, 2.75) is 73.9 Å². The van der Waals surface area contributed by atoms with E-state index in [0.29, 0.717) is 11.1 Å². The first-order chi connectivity index (χ1) is 22.3. The van der Waals surface area contributed by atoms with Gasteiger partial charge in [-0.25, -0.2) is 4.79 Å². The molecule has 0 saturated carbocycles. The molecule has 0 bridgehead atoms. The van der Waals surface area contributed by atoms with E-state index in [2.05, 4.69) is 0 Å². The van der Waals surface area contributed by atoms with Gasteiger partial charge in [0.1, 0.15) is 60.6 Å². The largest absolute Gasteiger partial charge is 0.508 e. The molecule has 0 spiro atoms. The standard InChI is InChI=1S/C30H35NO16/c32-10-19-22(36)24(38)26(40)29(46-19)44-11-20-23(37)25(39)27(41)30(47-20)45-18-9-15-13(8-17(18)34)7-16(28(42)43)31(15)21(35)6-3-12-1-4-14(33)5-2-12/h1-6,8-9,16,19-20,22-27,29-30,32-34,36-41H,7,10-11H2,(H,42,43)/b6-3+/t16-,19+,20+,22+,23+,24-,25-,26+,27+,29+,30+/m0/s1. The summed E-state index contributed by atoms with van der Waals surface area (Å²) in [5.41, 5.74) is 0.908. The second-order valence-corrected chi connectivity index (χ2v) is 11.3. The molecule has 11 atom stereocenters. The van der Waals surface area contributed by atoms with Crippen molar-refractivity contribution in [3.05, 3.63) is 53.6 Å². The lowest BCUT2D eigenvalue weighted by atomic mass is 9.98. The smallest absolute Gasteiger partial charge is 0.327 e. The average molecular weight is 666 g/mol. The second kappa shape index (κ2) is 14.1. The van der Waals surface area contributed by atoms with Gasteiger partial charge in [0.15, 0.2) is 17.8 Å². The van der Waals surface area contributed by atoms with Crippen LogP contribution >= 0.6 is 0 Å². The number of aromatic hydroxyl groups is 2. The normalized spacial score (nSPS) is 33.9. The number of phenolic OH excluding ortho intramolecular Hbond substituents is 2. The summed E-state index contributed by atoms with van der Waals surface area (Å²) in [7, 11) is 0. The molecular formula is C30H35NO16. The van der Waals surface area contributed by atoms with Gasteiger partial charge in [0.05, 0.1) is 18.9 Å². The number of carbonyl (C=O) groups is 2. The van der Waals surface area contributed by atoms with E-state index in [1.807, 2.05) is 0 Å². The molecule has 0 aliphatic carbocycles. The van der Waals surface area contributed by atoms with E-state index in [4.69, 9.17) is 18.9 Å². The molecule has 17 nitrogen and oxygen atoms in total. The quantitative estimate of drug-likeness (QED) is 0.121. The zero-order valence-corrected chi connectivity index (χ0v) is 24.5. The fourth-order valence-corrected chi connectivity index (χ4v) is 5.53. The van der Waals surface area contributed by atoms with E-state index in [0.717, 1.165) is 17.0 Å². The van der Waals surface area contributed by atoms with Crippen molar-refractivity contribution in [1.29, 1.82) is 0 Å². The molecule has 256 valence electrons. The van der Waals surface area contributed by atoms with Crippen LogP contribution in [0.25, 0.3) is 6.08 Å². The van der Waals surface area contributed by atoms with Crippen LogP contribution in [0.3, 0.4) is 0 Å². The Morgan fingerprint density at radius 3 is 2.11 bits per heavy atom. The zero-order chi connectivity index (χ0) is 34.2. The number of aliphatic carboxylic acids is 1. The Hall–Kier alpha value is -3.88. The first kappa shape index (κ1) is 34.5. The number of benzene rings is 2. The van der Waals surface area contributed by atoms with Crippen LogP contribution in [0.2, 0.25) is 0 Å². The van der Waals surface area contributed by atoms with Gasteiger partial charge in [-0.15, -0.1) is 0 Å². The molecule has 3 heterocycles. The molecule has 17 heteroatoms. The van der Waals surface area contributed by atoms with Gasteiger partial charge in [0, 0.05) is 18.6 Å². The Morgan fingerprint density at radius 2 is 1.47 bits per heavy atom. The number of amides is 1. The number of anilines is 1. The van der Waals surface area contributed by atoms with Gasteiger partial charge in [-0.05, 0) is 35.4 Å². The summed E-state index contributed by atoms with van der Waals surface area (Å²) in [4.78, 5) is 26.3. The average Bonchev–Trinajstić information content (AvgIpc) is 3.42. The third-order valence-corrected chi connectivity index (χ3v) is 8.16. The highest BCUT2D eigenvalue weighted by molar-refractivity contribution is 6.09. The third kappa shape index (κ3) is 7.04. The number of ether oxygens (including phenoxy) is 4. The van der Waals surface area contributed by atoms with Crippen LogP contribution < -0.4 is 9.64 Å². The molecular weight excluding hydrogens is 630 g/mol. The number of aliphatic hydroxyl groups is 7. The predicted molar refractivity (Wildman–Crippen MR) is 155 cm³/mol. The third-order valence-electron chi connectivity index (χ3n) is 8.16. The Kier molecular flexibility index (Phi) is 10.3. The fourth-order valence-electron chi connectivity index (χ4n) is 5.53. The molecule has 3 aliphatic rings. The van der Waals surface area contributed by atoms with Crippen LogP contribution in [-0.4, -0.2) is 144 Å². The summed E-state index contributed by atoms with van der Waals surface area (Å²) in [5, 5.41) is 101. The van der Waals surface area contributed by atoms with Crippen LogP contribution in [0, 0.1) is 0 Å². The zero-order valence-electron chi connectivity index (χ0n) is 24.5. The molecule has 2 aromatic rings. The van der Waals surface area contributed by atoms with E-state index >= 15 is 0 Å². The fraction of sp³-hybridized carbons (Fsp3) is 0.467. The van der Waals surface area contributed by atoms with Crippen molar-refractivity contribution in [1.82, 2.24) is 0 Å². The van der Waals surface area contributed by atoms with Crippen LogP contribution in [0.1, 0.15) is 11.1 Å². The van der Waals surface area contributed by atoms with Crippen LogP contribution in [0.5, 0.6) is 17.2 Å². The Labute approximate surface area is 266 Å². The van der Waals surface area contributed by atoms with Gasteiger partial charge < -0.3 is 70.0 Å². The summed E-state index contributed by atoms with van der Waals surface area (Å²) in [5.74, 6) is -2.93. The number of fused-ring (bicyclic) bond motifs is 1. The van der Waals surface area contributed by atoms with Crippen LogP contribution in [-0.2, 0) is 30.2 Å². The highest BCUT2D eigenvalue weighted by atomic mass is 16.7. The van der Waals surface area contributed by atoms with Crippen molar-refractivity contribution in [3.8, 4) is 17.2 Å². The van der Waals surface area contributed by atoms with Gasteiger partial charge >= 0.3 is 5.97 Å². The highest BCUT2D eigenvalue weighted by Gasteiger charge is 2.48. The van der Waals surface area contributed by atoms with E-state index in [-0.39, 0.29) is 23.6 Å². The molecule has 10 N–H and O–H groups in total. The number of hydrogen-bond acceptors (Lipinski definition) is 15. The van der Waals surface area contributed by atoms with Crippen molar-refractivity contribution in [3.63, 3.8) is 0 Å². The molecule has 0 radical (unpaired) electrons. The number of hydrogen-bond donors (Lipinski definition) is 10. The van der Waals surface area contributed by atoms with Crippen molar-refractivity contribution >= 4 is 23.6 Å². The Morgan fingerprint density at radius 1 is 0.851 bits per heavy atom. The maximum Gasteiger partial charge on any atom is 0.327 e. The van der Waals surface area contributed by atoms with Crippen molar-refractivity contribution in [2.75, 3.05) is 18.1 Å². The van der Waals surface area contributed by atoms with E-state index in [1.54, 1.807) is 12.1 Å². The molecule has 0 aromatic heterocycles. The lowest BCUT2D eigenvalue weighted by Gasteiger charge is -2.42. The van der Waals surface area contributed by atoms with Crippen LogP contribution in [0.4, 0.5) is 5.69 Å². The molecule has 2 fully saturated rings. The number of nitrogens with zero attached hydrogens (tertiary/aromatic N) is 1. The Bertz CT molecular complexity index is 1470. The predicted octanol–water partition coefficient (Wildman–Crippen LogP) is -2.84. The van der Waals surface area contributed by atoms with E-state index in [9.17, 15) is 60.7 Å². The molecule has 1 amide bonds. The maximum absolute atomic E-state index is 13.2. The van der Waals surface area contributed by atoms with E-state index in [1.165, 1.54) is 24.3 Å². The molecule has 2 aromatic carbocycles. The Balaban J connectivity index is 1.33.